The molecule has 1 saturated carbocycles. The van der Waals surface area contributed by atoms with E-state index in [1.165, 1.54) is 4.90 Å². The molecule has 4 heteroatoms. The maximum absolute atomic E-state index is 13.0. The van der Waals surface area contributed by atoms with E-state index < -0.39 is 5.54 Å². The summed E-state index contributed by atoms with van der Waals surface area (Å²) in [4.78, 5) is 26.7. The first-order valence-corrected chi connectivity index (χ1v) is 8.41. The number of nitrogens with zero attached hydrogens (tertiary/aromatic N) is 1. The van der Waals surface area contributed by atoms with Crippen molar-refractivity contribution in [2.24, 2.45) is 11.8 Å². The van der Waals surface area contributed by atoms with Crippen molar-refractivity contribution < 1.29 is 9.59 Å². The fourth-order valence-electron chi connectivity index (χ4n) is 3.98. The minimum atomic E-state index is -0.698. The number of benzene rings is 1. The molecule has 0 bridgehead atoms. The highest BCUT2D eigenvalue weighted by Gasteiger charge is 2.57. The van der Waals surface area contributed by atoms with E-state index in [4.69, 9.17) is 0 Å². The van der Waals surface area contributed by atoms with Crippen LogP contribution < -0.4 is 5.32 Å². The monoisotopic (exact) mass is 312 g/mol. The maximum atomic E-state index is 13.0. The molecule has 1 heterocycles. The molecule has 2 fully saturated rings. The van der Waals surface area contributed by atoms with E-state index in [0.717, 1.165) is 24.8 Å². The summed E-state index contributed by atoms with van der Waals surface area (Å²) in [5.41, 5.74) is 0.365. The van der Waals surface area contributed by atoms with Gasteiger partial charge in [-0.25, -0.2) is 4.79 Å². The van der Waals surface area contributed by atoms with Gasteiger partial charge in [-0.2, -0.15) is 0 Å². The zero-order valence-electron chi connectivity index (χ0n) is 13.8. The first-order chi connectivity index (χ1) is 11.1. The van der Waals surface area contributed by atoms with Gasteiger partial charge in [0.1, 0.15) is 5.54 Å². The molecule has 2 atom stereocenters. The summed E-state index contributed by atoms with van der Waals surface area (Å²) < 4.78 is 0. The van der Waals surface area contributed by atoms with Crippen molar-refractivity contribution in [1.29, 1.82) is 0 Å². The standard InChI is InChI=1S/C19H24N2O2/c1-14-8-6-9-15(2)19(14)17(22)21(18(23)20-19)13-7-12-16-10-4-3-5-11-16/h3-5,7,10-12,14-15H,6,8-9,13H2,1-2H3,(H,20,23)/b12-7+. The van der Waals surface area contributed by atoms with Crippen molar-refractivity contribution >= 4 is 18.0 Å². The normalized spacial score (nSPS) is 31.1. The number of rotatable bonds is 3. The highest BCUT2D eigenvalue weighted by Crippen LogP contribution is 2.42. The van der Waals surface area contributed by atoms with Gasteiger partial charge >= 0.3 is 6.03 Å². The molecule has 1 aromatic rings. The quantitative estimate of drug-likeness (QED) is 0.869. The maximum Gasteiger partial charge on any atom is 0.325 e. The van der Waals surface area contributed by atoms with Crippen LogP contribution in [-0.2, 0) is 4.79 Å². The van der Waals surface area contributed by atoms with Crippen LogP contribution in [0, 0.1) is 11.8 Å². The van der Waals surface area contributed by atoms with Crippen LogP contribution in [0.4, 0.5) is 4.79 Å². The van der Waals surface area contributed by atoms with Gasteiger partial charge in [0, 0.05) is 6.54 Å². The first-order valence-electron chi connectivity index (χ1n) is 8.41. The van der Waals surface area contributed by atoms with Gasteiger partial charge in [-0.05, 0) is 30.2 Å². The Morgan fingerprint density at radius 2 is 1.83 bits per heavy atom. The number of carbonyl (C=O) groups is 2. The summed E-state index contributed by atoms with van der Waals surface area (Å²) in [5, 5.41) is 3.02. The van der Waals surface area contributed by atoms with Crippen LogP contribution in [0.5, 0.6) is 0 Å². The summed E-state index contributed by atoms with van der Waals surface area (Å²) in [6.45, 7) is 4.48. The Kier molecular flexibility index (Phi) is 4.24. The van der Waals surface area contributed by atoms with E-state index in [-0.39, 0.29) is 23.8 Å². The molecule has 122 valence electrons. The van der Waals surface area contributed by atoms with Crippen LogP contribution in [0.15, 0.2) is 36.4 Å². The summed E-state index contributed by atoms with van der Waals surface area (Å²) in [5.74, 6) is 0.316. The Bertz CT molecular complexity index is 614. The molecule has 1 aliphatic carbocycles. The van der Waals surface area contributed by atoms with E-state index in [1.54, 1.807) is 0 Å². The second-order valence-corrected chi connectivity index (χ2v) is 6.76. The molecular formula is C19H24N2O2. The largest absolute Gasteiger partial charge is 0.325 e. The van der Waals surface area contributed by atoms with Crippen molar-refractivity contribution in [2.75, 3.05) is 6.54 Å². The van der Waals surface area contributed by atoms with Crippen molar-refractivity contribution in [3.8, 4) is 0 Å². The molecule has 1 spiro atoms. The highest BCUT2D eigenvalue weighted by molar-refractivity contribution is 6.07. The van der Waals surface area contributed by atoms with E-state index >= 15 is 0 Å². The molecule has 2 aliphatic rings. The van der Waals surface area contributed by atoms with Crippen LogP contribution in [0.2, 0.25) is 0 Å². The molecule has 3 amide bonds. The fourth-order valence-corrected chi connectivity index (χ4v) is 3.98. The van der Waals surface area contributed by atoms with E-state index in [0.29, 0.717) is 6.54 Å². The third kappa shape index (κ3) is 2.67. The Labute approximate surface area is 137 Å². The Morgan fingerprint density at radius 3 is 2.48 bits per heavy atom. The molecule has 1 N–H and O–H groups in total. The zero-order chi connectivity index (χ0) is 16.4. The third-order valence-corrected chi connectivity index (χ3v) is 5.38. The van der Waals surface area contributed by atoms with E-state index in [1.807, 2.05) is 42.5 Å². The lowest BCUT2D eigenvalue weighted by Crippen LogP contribution is -2.58. The number of nitrogens with one attached hydrogen (secondary N) is 1. The lowest BCUT2D eigenvalue weighted by atomic mass is 9.67. The van der Waals surface area contributed by atoms with Gasteiger partial charge < -0.3 is 5.32 Å². The van der Waals surface area contributed by atoms with Crippen LogP contribution in [0.1, 0.15) is 38.7 Å². The molecule has 1 aliphatic heterocycles. The van der Waals surface area contributed by atoms with Crippen molar-refractivity contribution in [2.45, 2.75) is 38.6 Å². The predicted octanol–water partition coefficient (Wildman–Crippen LogP) is 3.45. The van der Waals surface area contributed by atoms with Gasteiger partial charge in [0.15, 0.2) is 0 Å². The van der Waals surface area contributed by atoms with E-state index in [2.05, 4.69) is 19.2 Å². The van der Waals surface area contributed by atoms with Crippen LogP contribution in [-0.4, -0.2) is 28.9 Å². The SMILES string of the molecule is CC1CCCC(C)C12NC(=O)N(C/C=C/c1ccccc1)C2=O. The highest BCUT2D eigenvalue weighted by atomic mass is 16.2. The number of imide groups is 1. The lowest BCUT2D eigenvalue weighted by molar-refractivity contribution is -0.136. The summed E-state index contributed by atoms with van der Waals surface area (Å²) in [6, 6.07) is 9.63. The molecule has 4 nitrogen and oxygen atoms in total. The van der Waals surface area contributed by atoms with Crippen LogP contribution in [0.25, 0.3) is 6.08 Å². The second kappa shape index (κ2) is 6.19. The molecule has 2 unspecified atom stereocenters. The fraction of sp³-hybridized carbons (Fsp3) is 0.474. The third-order valence-electron chi connectivity index (χ3n) is 5.38. The van der Waals surface area contributed by atoms with Gasteiger partial charge in [0.05, 0.1) is 0 Å². The molecule has 0 radical (unpaired) electrons. The summed E-state index contributed by atoms with van der Waals surface area (Å²) in [6.07, 6.45) is 6.93. The predicted molar refractivity (Wildman–Crippen MR) is 90.6 cm³/mol. The Morgan fingerprint density at radius 1 is 1.17 bits per heavy atom. The summed E-state index contributed by atoms with van der Waals surface area (Å²) >= 11 is 0. The molecule has 3 rings (SSSR count). The molecule has 1 saturated heterocycles. The van der Waals surface area contributed by atoms with Gasteiger partial charge in [0.25, 0.3) is 5.91 Å². The Hall–Kier alpha value is -2.10. The van der Waals surface area contributed by atoms with Crippen molar-refractivity contribution in [3.05, 3.63) is 42.0 Å². The number of carbonyl (C=O) groups excluding carboxylic acids is 2. The topological polar surface area (TPSA) is 49.4 Å². The molecule has 1 aromatic carbocycles. The average Bonchev–Trinajstić information content (AvgIpc) is 2.79. The average molecular weight is 312 g/mol. The number of hydrogen-bond donors (Lipinski definition) is 1. The lowest BCUT2D eigenvalue weighted by Gasteiger charge is -2.42. The van der Waals surface area contributed by atoms with Gasteiger partial charge in [-0.1, -0.05) is 62.8 Å². The van der Waals surface area contributed by atoms with Gasteiger partial charge in [0.2, 0.25) is 0 Å². The zero-order valence-corrected chi connectivity index (χ0v) is 13.8. The van der Waals surface area contributed by atoms with E-state index in [9.17, 15) is 9.59 Å². The second-order valence-electron chi connectivity index (χ2n) is 6.76. The molecular weight excluding hydrogens is 288 g/mol. The summed E-state index contributed by atoms with van der Waals surface area (Å²) in [7, 11) is 0. The van der Waals surface area contributed by atoms with Gasteiger partial charge in [-0.15, -0.1) is 0 Å². The minimum absolute atomic E-state index is 0.0556. The van der Waals surface area contributed by atoms with Crippen molar-refractivity contribution in [1.82, 2.24) is 10.2 Å². The van der Waals surface area contributed by atoms with Gasteiger partial charge in [-0.3, -0.25) is 9.69 Å². The Balaban J connectivity index is 1.75. The van der Waals surface area contributed by atoms with Crippen LogP contribution >= 0.6 is 0 Å². The number of hydrogen-bond acceptors (Lipinski definition) is 2. The molecule has 0 aromatic heterocycles. The van der Waals surface area contributed by atoms with Crippen molar-refractivity contribution in [3.63, 3.8) is 0 Å². The number of urea groups is 1. The first kappa shape index (κ1) is 15.8. The number of amides is 3. The molecule has 23 heavy (non-hydrogen) atoms. The van der Waals surface area contributed by atoms with Crippen LogP contribution in [0.3, 0.4) is 0 Å². The minimum Gasteiger partial charge on any atom is -0.323 e. The smallest absolute Gasteiger partial charge is 0.323 e.